The van der Waals surface area contributed by atoms with Crippen LogP contribution >= 0.6 is 0 Å². The highest BCUT2D eigenvalue weighted by molar-refractivity contribution is 5.68. The van der Waals surface area contributed by atoms with Gasteiger partial charge in [0.15, 0.2) is 0 Å². The monoisotopic (exact) mass is 522 g/mol. The van der Waals surface area contributed by atoms with Gasteiger partial charge in [-0.05, 0) is 94.8 Å². The van der Waals surface area contributed by atoms with E-state index in [1.54, 1.807) is 13.8 Å². The largest absolute Gasteiger partial charge is 0.508 e. The summed E-state index contributed by atoms with van der Waals surface area (Å²) in [6, 6.07) is -0.337. The van der Waals surface area contributed by atoms with E-state index in [4.69, 9.17) is 24.7 Å². The molecule has 0 aromatic heterocycles. The first-order chi connectivity index (χ1) is 17.3. The summed E-state index contributed by atoms with van der Waals surface area (Å²) in [5, 5.41) is 2.82. The molecule has 4 saturated carbocycles. The van der Waals surface area contributed by atoms with Gasteiger partial charge in [0.25, 0.3) is 0 Å². The van der Waals surface area contributed by atoms with E-state index in [1.165, 1.54) is 14.0 Å². The highest BCUT2D eigenvalue weighted by Gasteiger charge is 2.67. The lowest BCUT2D eigenvalue weighted by atomic mass is 9.43. The second kappa shape index (κ2) is 10.3. The van der Waals surface area contributed by atoms with Crippen LogP contribution in [0.3, 0.4) is 0 Å². The summed E-state index contributed by atoms with van der Waals surface area (Å²) in [6.45, 7) is 9.55. The van der Waals surface area contributed by atoms with Gasteiger partial charge in [0.05, 0.1) is 13.2 Å². The van der Waals surface area contributed by atoms with Gasteiger partial charge in [-0.1, -0.05) is 13.8 Å². The molecule has 4 aliphatic carbocycles. The van der Waals surface area contributed by atoms with E-state index in [-0.39, 0.29) is 40.6 Å². The minimum absolute atomic E-state index is 0.115. The molecule has 9 nitrogen and oxygen atoms in total. The highest BCUT2D eigenvalue weighted by atomic mass is 16.7. The lowest BCUT2D eigenvalue weighted by Crippen LogP contribution is -2.67. The van der Waals surface area contributed by atoms with Gasteiger partial charge in [-0.15, -0.1) is 0 Å². The summed E-state index contributed by atoms with van der Waals surface area (Å²) >= 11 is 0. The number of nitrogens with two attached hydrogens (primary N) is 1. The van der Waals surface area contributed by atoms with Crippen LogP contribution in [0, 0.1) is 28.6 Å². The molecular weight excluding hydrogens is 476 g/mol. The Hall–Kier alpha value is -2.03. The summed E-state index contributed by atoms with van der Waals surface area (Å²) in [7, 11) is 1.35. The van der Waals surface area contributed by atoms with Gasteiger partial charge in [0.1, 0.15) is 18.3 Å². The average molecular weight is 523 g/mol. The Bertz CT molecular complexity index is 898. The summed E-state index contributed by atoms with van der Waals surface area (Å²) in [5.74, 6) is 1.01. The van der Waals surface area contributed by atoms with Crippen LogP contribution < -0.4 is 11.1 Å². The van der Waals surface area contributed by atoms with Crippen molar-refractivity contribution >= 4 is 18.2 Å². The van der Waals surface area contributed by atoms with E-state index in [0.29, 0.717) is 17.8 Å². The Balaban J connectivity index is 1.38. The van der Waals surface area contributed by atoms with Crippen LogP contribution in [0.25, 0.3) is 0 Å². The van der Waals surface area contributed by atoms with Gasteiger partial charge in [-0.3, -0.25) is 4.79 Å². The number of carbonyl (C=O) groups excluding carboxylic acids is 3. The molecule has 0 aliphatic heterocycles. The molecule has 3 N–H and O–H groups in total. The highest BCUT2D eigenvalue weighted by Crippen LogP contribution is 2.67. The van der Waals surface area contributed by atoms with Gasteiger partial charge in [-0.25, -0.2) is 9.59 Å². The summed E-state index contributed by atoms with van der Waals surface area (Å²) in [6.07, 6.45) is 6.67. The maximum Gasteiger partial charge on any atom is 0.508 e. The van der Waals surface area contributed by atoms with E-state index in [1.807, 2.05) is 0 Å². The molecule has 0 spiro atoms. The first-order valence-electron chi connectivity index (χ1n) is 14.0. The third-order valence-electron chi connectivity index (χ3n) is 11.0. The molecular formula is C28H46N2O7. The number of methoxy groups -OCH3 is 1. The Morgan fingerprint density at radius 3 is 2.35 bits per heavy atom. The second-order valence-electron chi connectivity index (χ2n) is 12.6. The molecule has 0 radical (unpaired) electrons. The van der Waals surface area contributed by atoms with Gasteiger partial charge >= 0.3 is 18.2 Å². The Morgan fingerprint density at radius 1 is 0.946 bits per heavy atom. The molecule has 2 unspecified atom stereocenters. The van der Waals surface area contributed by atoms with Crippen molar-refractivity contribution in [2.45, 2.75) is 122 Å². The number of hydrogen-bond acceptors (Lipinski definition) is 8. The van der Waals surface area contributed by atoms with Crippen molar-refractivity contribution in [2.75, 3.05) is 7.11 Å². The molecule has 4 fully saturated rings. The quantitative estimate of drug-likeness (QED) is 0.393. The molecule has 4 aliphatic rings. The summed E-state index contributed by atoms with van der Waals surface area (Å²) in [5.41, 5.74) is 6.85. The van der Waals surface area contributed by atoms with Gasteiger partial charge in [0, 0.05) is 17.9 Å². The SMILES string of the molecule is COC(=O)O[C@H]1CC[C@]2(N)[C@@H]3CC[C@@H]4C[C@@H](OC(=O)NC(C)C(C)OC(C)=O)CC[C@]4(C)[C@H]3CC[C@]12C. The number of alkyl carbamates (subject to hydrolysis) is 1. The Kier molecular flexibility index (Phi) is 7.77. The van der Waals surface area contributed by atoms with Crippen LogP contribution in [0.15, 0.2) is 0 Å². The molecule has 210 valence electrons. The number of ether oxygens (including phenoxy) is 4. The van der Waals surface area contributed by atoms with Crippen molar-refractivity contribution in [3.05, 3.63) is 0 Å². The fraction of sp³-hybridized carbons (Fsp3) is 0.893. The number of nitrogens with one attached hydrogen (secondary N) is 1. The molecule has 1 amide bonds. The smallest absolute Gasteiger partial charge is 0.461 e. The van der Waals surface area contributed by atoms with E-state index < -0.39 is 18.4 Å². The molecule has 0 aromatic carbocycles. The minimum atomic E-state index is -0.620. The number of carbonyl (C=O) groups is 3. The summed E-state index contributed by atoms with van der Waals surface area (Å²) in [4.78, 5) is 35.7. The normalized spacial score (nSPS) is 42.2. The minimum Gasteiger partial charge on any atom is -0.461 e. The predicted octanol–water partition coefficient (Wildman–Crippen LogP) is 4.70. The maximum absolute atomic E-state index is 12.6. The van der Waals surface area contributed by atoms with Crippen molar-refractivity contribution in [2.24, 2.45) is 34.3 Å². The molecule has 37 heavy (non-hydrogen) atoms. The standard InChI is InChI=1S/C28H46N2O7/c1-16(17(2)35-18(3)31)30-24(32)36-20-9-12-26(4)19(15-20)7-8-22-21(26)10-13-27(5)23(37-25(33)34-6)11-14-28(22,27)29/h16-17,19-23H,7-15,29H2,1-6H3,(H,30,32)/t16?,17?,19-,20+,21+,22-,23+,26+,27-,28+/m1/s1. The first kappa shape index (κ1) is 28.0. The van der Waals surface area contributed by atoms with E-state index in [2.05, 4.69) is 19.2 Å². The third kappa shape index (κ3) is 4.92. The molecule has 9 heteroatoms. The van der Waals surface area contributed by atoms with E-state index in [9.17, 15) is 14.4 Å². The van der Waals surface area contributed by atoms with Crippen LogP contribution in [0.5, 0.6) is 0 Å². The van der Waals surface area contributed by atoms with Crippen molar-refractivity contribution in [3.63, 3.8) is 0 Å². The maximum atomic E-state index is 12.6. The van der Waals surface area contributed by atoms with Crippen LogP contribution in [-0.4, -0.2) is 55.2 Å². The molecule has 0 heterocycles. The zero-order valence-corrected chi connectivity index (χ0v) is 23.3. The summed E-state index contributed by atoms with van der Waals surface area (Å²) < 4.78 is 21.5. The average Bonchev–Trinajstić information content (AvgIpc) is 3.09. The van der Waals surface area contributed by atoms with Crippen molar-refractivity contribution in [1.29, 1.82) is 0 Å². The number of esters is 1. The second-order valence-corrected chi connectivity index (χ2v) is 12.6. The Labute approximate surface area is 220 Å². The molecule has 10 atom stereocenters. The van der Waals surface area contributed by atoms with Crippen molar-refractivity contribution in [1.82, 2.24) is 5.32 Å². The zero-order valence-electron chi connectivity index (χ0n) is 23.3. The molecule has 0 aromatic rings. The van der Waals surface area contributed by atoms with E-state index in [0.717, 1.165) is 57.8 Å². The van der Waals surface area contributed by atoms with Crippen LogP contribution in [-0.2, 0) is 23.7 Å². The van der Waals surface area contributed by atoms with Crippen LogP contribution in [0.4, 0.5) is 9.59 Å². The first-order valence-corrected chi connectivity index (χ1v) is 14.0. The topological polar surface area (TPSA) is 126 Å². The lowest BCUT2D eigenvalue weighted by Gasteiger charge is -2.64. The van der Waals surface area contributed by atoms with Crippen molar-refractivity contribution in [3.8, 4) is 0 Å². The fourth-order valence-corrected chi connectivity index (χ4v) is 8.55. The zero-order chi connectivity index (χ0) is 27.2. The fourth-order valence-electron chi connectivity index (χ4n) is 8.55. The van der Waals surface area contributed by atoms with Gasteiger partial charge in [-0.2, -0.15) is 0 Å². The number of fused-ring (bicyclic) bond motifs is 5. The number of hydrogen-bond donors (Lipinski definition) is 2. The van der Waals surface area contributed by atoms with Gasteiger partial charge in [0.2, 0.25) is 0 Å². The number of rotatable bonds is 5. The van der Waals surface area contributed by atoms with Crippen molar-refractivity contribution < 1.29 is 33.3 Å². The third-order valence-corrected chi connectivity index (χ3v) is 11.0. The molecule has 0 saturated heterocycles. The predicted molar refractivity (Wildman–Crippen MR) is 137 cm³/mol. The lowest BCUT2D eigenvalue weighted by molar-refractivity contribution is -0.147. The number of amides is 1. The van der Waals surface area contributed by atoms with E-state index >= 15 is 0 Å². The van der Waals surface area contributed by atoms with Gasteiger partial charge < -0.3 is 30.0 Å². The van der Waals surface area contributed by atoms with Crippen LogP contribution in [0.1, 0.15) is 92.4 Å². The molecule has 4 rings (SSSR count). The Morgan fingerprint density at radius 2 is 1.68 bits per heavy atom. The molecule has 0 bridgehead atoms. The van der Waals surface area contributed by atoms with Crippen LogP contribution in [0.2, 0.25) is 0 Å².